The predicted octanol–water partition coefficient (Wildman–Crippen LogP) is 2.44. The Kier molecular flexibility index (Phi) is 2.52. The number of anilines is 1. The van der Waals surface area contributed by atoms with Gasteiger partial charge in [0.05, 0.1) is 0 Å². The molecule has 104 valence electrons. The molecule has 3 aliphatic heterocycles. The molecule has 0 aromatic heterocycles. The first-order valence-electron chi connectivity index (χ1n) is 7.76. The highest BCUT2D eigenvalue weighted by molar-refractivity contribution is 7.15. The summed E-state index contributed by atoms with van der Waals surface area (Å²) >= 11 is 0. The minimum Gasteiger partial charge on any atom is -0.371 e. The molecule has 1 aromatic carbocycles. The molecule has 3 aliphatic rings. The summed E-state index contributed by atoms with van der Waals surface area (Å²) in [6.45, 7) is 6.85. The molecule has 0 radical (unpaired) electrons. The number of aryl methyl sites for hydroxylation is 1. The molecule has 0 saturated carbocycles. The van der Waals surface area contributed by atoms with Gasteiger partial charge in [0.25, 0.3) is 0 Å². The van der Waals surface area contributed by atoms with Gasteiger partial charge in [0, 0.05) is 18.8 Å². The summed E-state index contributed by atoms with van der Waals surface area (Å²) in [6.07, 6.45) is 8.78. The molecule has 0 bridgehead atoms. The van der Waals surface area contributed by atoms with Crippen LogP contribution in [0.1, 0.15) is 29.5 Å². The van der Waals surface area contributed by atoms with Crippen LogP contribution in [0.2, 0.25) is 13.1 Å². The van der Waals surface area contributed by atoms with E-state index in [1.54, 1.807) is 0 Å². The third kappa shape index (κ3) is 1.53. The lowest BCUT2D eigenvalue weighted by Gasteiger charge is -2.41. The molecule has 0 saturated heterocycles. The van der Waals surface area contributed by atoms with E-state index in [4.69, 9.17) is 0 Å². The fraction of sp³-hybridized carbons (Fsp3) is 0.471. The number of carbonyl (C=O) groups excluding carboxylic acids is 1. The number of allylic oxidation sites excluding steroid dienone is 1. The van der Waals surface area contributed by atoms with Gasteiger partial charge in [-0.25, -0.2) is 0 Å². The van der Waals surface area contributed by atoms with Crippen molar-refractivity contribution in [3.63, 3.8) is 0 Å². The van der Waals surface area contributed by atoms with Gasteiger partial charge in [-0.2, -0.15) is 0 Å². The molecule has 2 nitrogen and oxygen atoms in total. The summed E-state index contributed by atoms with van der Waals surface area (Å²) in [4.78, 5) is 15.0. The van der Waals surface area contributed by atoms with Crippen molar-refractivity contribution in [1.29, 1.82) is 0 Å². The Morgan fingerprint density at radius 2 is 1.85 bits per heavy atom. The first kappa shape index (κ1) is 12.4. The smallest absolute Gasteiger partial charge is 0.163 e. The van der Waals surface area contributed by atoms with E-state index in [1.165, 1.54) is 66.3 Å². The van der Waals surface area contributed by atoms with Gasteiger partial charge in [0.15, 0.2) is 8.07 Å². The van der Waals surface area contributed by atoms with E-state index < -0.39 is 8.07 Å². The molecule has 0 unspecified atom stereocenters. The number of benzene rings is 1. The normalized spacial score (nSPS) is 22.5. The van der Waals surface area contributed by atoms with Crippen LogP contribution in [-0.2, 0) is 17.6 Å². The summed E-state index contributed by atoms with van der Waals surface area (Å²) < 4.78 is 0. The highest BCUT2D eigenvalue weighted by Crippen LogP contribution is 2.37. The van der Waals surface area contributed by atoms with E-state index in [1.807, 2.05) is 6.08 Å². The molecular weight excluding hydrogens is 262 g/mol. The molecule has 3 heteroatoms. The Balaban J connectivity index is 2.05. The minimum absolute atomic E-state index is 0.383. The molecular formula is C17H21NOSi. The Morgan fingerprint density at radius 1 is 1.10 bits per heavy atom. The third-order valence-corrected chi connectivity index (χ3v) is 8.45. The van der Waals surface area contributed by atoms with Crippen LogP contribution in [0.3, 0.4) is 0 Å². The molecule has 1 aromatic rings. The van der Waals surface area contributed by atoms with Crippen LogP contribution < -0.4 is 10.1 Å². The molecule has 0 amide bonds. The average Bonchev–Trinajstić information content (AvgIpc) is 2.43. The first-order chi connectivity index (χ1) is 9.59. The molecule has 20 heavy (non-hydrogen) atoms. The van der Waals surface area contributed by atoms with Crippen molar-refractivity contribution in [3.8, 4) is 0 Å². The van der Waals surface area contributed by atoms with E-state index >= 15 is 0 Å². The lowest BCUT2D eigenvalue weighted by molar-refractivity contribution is -0.108. The van der Waals surface area contributed by atoms with Gasteiger partial charge in [-0.15, -0.1) is 0 Å². The quantitative estimate of drug-likeness (QED) is 0.682. The van der Waals surface area contributed by atoms with E-state index in [-0.39, 0.29) is 0 Å². The lowest BCUT2D eigenvalue weighted by Crippen LogP contribution is -2.55. The zero-order chi connectivity index (χ0) is 13.9. The van der Waals surface area contributed by atoms with Crippen LogP contribution in [0, 0.1) is 0 Å². The van der Waals surface area contributed by atoms with Gasteiger partial charge >= 0.3 is 0 Å². The Bertz CT molecular complexity index is 643. The third-order valence-electron chi connectivity index (χ3n) is 5.21. The molecule has 0 N–H and O–H groups in total. The fourth-order valence-corrected chi connectivity index (χ4v) is 6.87. The predicted molar refractivity (Wildman–Crippen MR) is 86.5 cm³/mol. The molecule has 0 atom stereocenters. The van der Waals surface area contributed by atoms with Gasteiger partial charge < -0.3 is 9.69 Å². The maximum Gasteiger partial charge on any atom is 0.163 e. The summed E-state index contributed by atoms with van der Waals surface area (Å²) in [5.74, 6) is 0. The zero-order valence-corrected chi connectivity index (χ0v) is 13.3. The second-order valence-electron chi connectivity index (χ2n) is 6.84. The van der Waals surface area contributed by atoms with Crippen molar-refractivity contribution in [2.24, 2.45) is 0 Å². The van der Waals surface area contributed by atoms with Crippen LogP contribution in [0.25, 0.3) is 6.08 Å². The SMILES string of the molecule is C[Si]1(C)C(=O)C=Cc2cc3c4c(c21)CCCN4CCC3. The van der Waals surface area contributed by atoms with Gasteiger partial charge in [0.1, 0.15) is 5.41 Å². The molecule has 3 heterocycles. The van der Waals surface area contributed by atoms with Crippen molar-refractivity contribution in [1.82, 2.24) is 0 Å². The average molecular weight is 283 g/mol. The Hall–Kier alpha value is -1.35. The van der Waals surface area contributed by atoms with Crippen molar-refractivity contribution in [2.75, 3.05) is 18.0 Å². The lowest BCUT2D eigenvalue weighted by atomic mass is 9.89. The van der Waals surface area contributed by atoms with Crippen LogP contribution in [-0.4, -0.2) is 26.6 Å². The summed E-state index contributed by atoms with van der Waals surface area (Å²) in [5.41, 5.74) is 5.90. The van der Waals surface area contributed by atoms with Gasteiger partial charge in [-0.1, -0.05) is 19.2 Å². The Labute approximate surface area is 121 Å². The second-order valence-corrected chi connectivity index (χ2v) is 11.1. The standard InChI is InChI=1S/C17H21NOSi/c1-20(2)15(19)8-7-13-11-12-5-3-9-18-10-4-6-14(16(12)18)17(13)20/h7-8,11H,3-6,9-10H2,1-2H3. The van der Waals surface area contributed by atoms with Gasteiger partial charge in [0.2, 0.25) is 0 Å². The highest BCUT2D eigenvalue weighted by Gasteiger charge is 2.40. The molecule has 0 fully saturated rings. The topological polar surface area (TPSA) is 20.3 Å². The van der Waals surface area contributed by atoms with Crippen molar-refractivity contribution >= 4 is 30.4 Å². The second kappa shape index (κ2) is 4.07. The molecule has 0 spiro atoms. The van der Waals surface area contributed by atoms with E-state index in [0.29, 0.717) is 5.41 Å². The number of hydrogen-bond acceptors (Lipinski definition) is 2. The highest BCUT2D eigenvalue weighted by atomic mass is 28.3. The number of rotatable bonds is 0. The molecule has 0 aliphatic carbocycles. The summed E-state index contributed by atoms with van der Waals surface area (Å²) in [7, 11) is -1.99. The molecule has 4 rings (SSSR count). The summed E-state index contributed by atoms with van der Waals surface area (Å²) in [6, 6.07) is 2.38. The fourth-order valence-electron chi connectivity index (χ4n) is 4.25. The van der Waals surface area contributed by atoms with Crippen LogP contribution >= 0.6 is 0 Å². The number of fused-ring (bicyclic) bond motifs is 2. The Morgan fingerprint density at radius 3 is 2.65 bits per heavy atom. The van der Waals surface area contributed by atoms with Crippen molar-refractivity contribution in [3.05, 3.63) is 28.8 Å². The van der Waals surface area contributed by atoms with E-state index in [9.17, 15) is 4.79 Å². The maximum absolute atomic E-state index is 12.4. The van der Waals surface area contributed by atoms with Gasteiger partial charge in [-0.3, -0.25) is 0 Å². The number of hydrogen-bond donors (Lipinski definition) is 0. The van der Waals surface area contributed by atoms with Crippen LogP contribution in [0.4, 0.5) is 5.69 Å². The van der Waals surface area contributed by atoms with Gasteiger partial charge in [-0.05, 0) is 59.7 Å². The largest absolute Gasteiger partial charge is 0.371 e. The monoisotopic (exact) mass is 283 g/mol. The zero-order valence-electron chi connectivity index (χ0n) is 12.3. The van der Waals surface area contributed by atoms with Crippen LogP contribution in [0.5, 0.6) is 0 Å². The number of carbonyl (C=O) groups is 1. The van der Waals surface area contributed by atoms with E-state index in [0.717, 1.165) is 0 Å². The first-order valence-corrected chi connectivity index (χ1v) is 10.8. The number of nitrogens with zero attached hydrogens (tertiary/aromatic N) is 1. The summed E-state index contributed by atoms with van der Waals surface area (Å²) in [5, 5.41) is 1.82. The van der Waals surface area contributed by atoms with E-state index in [2.05, 4.69) is 30.1 Å². The minimum atomic E-state index is -1.99. The van der Waals surface area contributed by atoms with Crippen LogP contribution in [0.15, 0.2) is 12.1 Å². The maximum atomic E-state index is 12.4. The van der Waals surface area contributed by atoms with Crippen molar-refractivity contribution in [2.45, 2.75) is 38.8 Å². The van der Waals surface area contributed by atoms with Crippen molar-refractivity contribution < 1.29 is 4.79 Å².